The number of rotatable bonds is 4. The first-order chi connectivity index (χ1) is 15.1. The van der Waals surface area contributed by atoms with Crippen LogP contribution in [-0.4, -0.2) is 65.8 Å². The topological polar surface area (TPSA) is 79.8 Å². The van der Waals surface area contributed by atoms with Gasteiger partial charge in [-0.3, -0.25) is 0 Å². The van der Waals surface area contributed by atoms with Crippen LogP contribution >= 0.6 is 0 Å². The van der Waals surface area contributed by atoms with Crippen LogP contribution in [0, 0.1) is 11.6 Å². The van der Waals surface area contributed by atoms with E-state index in [-0.39, 0.29) is 35.8 Å². The molecule has 162 valence electrons. The molecule has 4 atom stereocenters. The fraction of sp³-hybridized carbons (Fsp3) is 0.409. The molecule has 3 aliphatic heterocycles. The van der Waals surface area contributed by atoms with E-state index >= 15 is 4.39 Å². The Morgan fingerprint density at radius 3 is 2.61 bits per heavy atom. The second-order valence-electron chi connectivity index (χ2n) is 8.19. The van der Waals surface area contributed by atoms with Crippen molar-refractivity contribution in [3.8, 4) is 17.1 Å². The van der Waals surface area contributed by atoms with Crippen LogP contribution in [0.1, 0.15) is 6.42 Å². The van der Waals surface area contributed by atoms with Gasteiger partial charge in [0.05, 0.1) is 24.3 Å². The van der Waals surface area contributed by atoms with Gasteiger partial charge in [0.2, 0.25) is 0 Å². The predicted molar refractivity (Wildman–Crippen MR) is 108 cm³/mol. The summed E-state index contributed by atoms with van der Waals surface area (Å²) in [5, 5.41) is 9.85. The number of halogens is 2. The summed E-state index contributed by atoms with van der Waals surface area (Å²) in [7, 11) is 0. The molecule has 4 unspecified atom stereocenters. The summed E-state index contributed by atoms with van der Waals surface area (Å²) < 4.78 is 47.0. The molecule has 6 rings (SSSR count). The minimum atomic E-state index is -0.745. The van der Waals surface area contributed by atoms with E-state index < -0.39 is 36.1 Å². The monoisotopic (exact) mass is 429 g/mol. The van der Waals surface area contributed by atoms with E-state index in [0.717, 1.165) is 25.2 Å². The van der Waals surface area contributed by atoms with E-state index in [0.29, 0.717) is 5.56 Å². The van der Waals surface area contributed by atoms with Crippen molar-refractivity contribution in [3.63, 3.8) is 0 Å². The van der Waals surface area contributed by atoms with Gasteiger partial charge in [-0.2, -0.15) is 4.98 Å². The Bertz CT molecular complexity index is 1130. The number of anilines is 1. The van der Waals surface area contributed by atoms with Crippen molar-refractivity contribution in [3.05, 3.63) is 42.0 Å². The molecule has 0 saturated carbocycles. The molecule has 2 N–H and O–H groups in total. The van der Waals surface area contributed by atoms with E-state index in [1.807, 2.05) is 12.1 Å². The first-order valence-electron chi connectivity index (χ1n) is 10.4. The molecule has 4 heterocycles. The minimum absolute atomic E-state index is 0.000981. The molecule has 2 aromatic carbocycles. The zero-order valence-corrected chi connectivity index (χ0v) is 16.6. The van der Waals surface area contributed by atoms with Crippen LogP contribution in [0.4, 0.5) is 14.5 Å². The molecule has 0 spiro atoms. The Labute approximate surface area is 176 Å². The van der Waals surface area contributed by atoms with E-state index in [1.54, 1.807) is 12.1 Å². The predicted octanol–water partition coefficient (Wildman–Crippen LogP) is 2.62. The molecular weight excluding hydrogens is 408 g/mol. The lowest BCUT2D eigenvalue weighted by Crippen LogP contribution is -2.36. The first kappa shape index (κ1) is 19.0. The van der Waals surface area contributed by atoms with Crippen LogP contribution in [0.2, 0.25) is 0 Å². The van der Waals surface area contributed by atoms with Gasteiger partial charge in [-0.25, -0.2) is 8.78 Å². The second kappa shape index (κ2) is 7.15. The number of ether oxygens (including phenoxy) is 3. The number of aliphatic hydroxyl groups excluding tert-OH is 1. The number of aromatic nitrogens is 2. The summed E-state index contributed by atoms with van der Waals surface area (Å²) >= 11 is 0. The Balaban J connectivity index is 1.29. The van der Waals surface area contributed by atoms with E-state index in [9.17, 15) is 9.50 Å². The second-order valence-corrected chi connectivity index (χ2v) is 8.19. The van der Waals surface area contributed by atoms with Gasteiger partial charge in [0.1, 0.15) is 29.6 Å². The zero-order chi connectivity index (χ0) is 21.1. The highest BCUT2D eigenvalue weighted by atomic mass is 19.1. The van der Waals surface area contributed by atoms with Crippen molar-refractivity contribution in [2.75, 3.05) is 31.2 Å². The Kier molecular flexibility index (Phi) is 4.38. The van der Waals surface area contributed by atoms with Crippen LogP contribution in [0.25, 0.3) is 22.2 Å². The van der Waals surface area contributed by atoms with Crippen molar-refractivity contribution in [1.29, 1.82) is 0 Å². The maximum absolute atomic E-state index is 15.3. The third kappa shape index (κ3) is 3.07. The number of fused-ring (bicyclic) bond motifs is 2. The maximum Gasteiger partial charge on any atom is 0.295 e. The lowest BCUT2D eigenvalue weighted by atomic mass is 10.0. The standard InChI is InChI=1S/C22H21F2N3O4/c23-13-8-14-19(18(24)17(13)11-2-4-12(5-3-11)27-6-1-7-27)26-22(25-14)31-16-10-30-20-15(28)9-29-21(16)20/h2-5,8,15-16,20-21,28H,1,6-7,9-10H2,(H,25,26). The average molecular weight is 429 g/mol. The van der Waals surface area contributed by atoms with E-state index in [1.165, 1.54) is 6.07 Å². The molecule has 0 amide bonds. The summed E-state index contributed by atoms with van der Waals surface area (Å²) in [4.78, 5) is 9.23. The molecule has 1 aromatic heterocycles. The highest BCUT2D eigenvalue weighted by molar-refractivity contribution is 5.84. The van der Waals surface area contributed by atoms with Gasteiger partial charge in [0, 0.05) is 24.8 Å². The lowest BCUT2D eigenvalue weighted by Gasteiger charge is -2.33. The number of hydrogen-bond acceptors (Lipinski definition) is 6. The molecular formula is C22H21F2N3O4. The lowest BCUT2D eigenvalue weighted by molar-refractivity contribution is 0.00706. The third-order valence-corrected chi connectivity index (χ3v) is 6.27. The zero-order valence-electron chi connectivity index (χ0n) is 16.6. The number of aliphatic hydroxyl groups is 1. The summed E-state index contributed by atoms with van der Waals surface area (Å²) in [6.07, 6.45) is -0.911. The van der Waals surface area contributed by atoms with Crippen molar-refractivity contribution in [2.45, 2.75) is 30.8 Å². The quantitative estimate of drug-likeness (QED) is 0.664. The Morgan fingerprint density at radius 1 is 1.10 bits per heavy atom. The Morgan fingerprint density at radius 2 is 1.87 bits per heavy atom. The van der Waals surface area contributed by atoms with Gasteiger partial charge in [-0.05, 0) is 24.1 Å². The maximum atomic E-state index is 15.3. The summed E-state index contributed by atoms with van der Waals surface area (Å²) in [6.45, 7) is 2.40. The van der Waals surface area contributed by atoms with Crippen LogP contribution < -0.4 is 9.64 Å². The van der Waals surface area contributed by atoms with Crippen molar-refractivity contribution in [2.24, 2.45) is 0 Å². The van der Waals surface area contributed by atoms with Gasteiger partial charge < -0.3 is 29.2 Å². The summed E-state index contributed by atoms with van der Waals surface area (Å²) in [5.41, 5.74) is 1.58. The SMILES string of the molecule is OC1COC2C(Oc3nc4c(F)c(-c5ccc(N6CCC6)cc5)c(F)cc4[nH]3)COC12. The minimum Gasteiger partial charge on any atom is -0.456 e. The molecule has 9 heteroatoms. The fourth-order valence-electron chi connectivity index (χ4n) is 4.48. The number of benzene rings is 2. The highest BCUT2D eigenvalue weighted by Crippen LogP contribution is 2.35. The molecule has 0 aliphatic carbocycles. The average Bonchev–Trinajstić information content (AvgIpc) is 3.40. The van der Waals surface area contributed by atoms with Gasteiger partial charge in [-0.15, -0.1) is 0 Å². The number of aromatic amines is 1. The summed E-state index contributed by atoms with van der Waals surface area (Å²) in [6, 6.07) is 8.48. The Hall–Kier alpha value is -2.75. The van der Waals surface area contributed by atoms with Gasteiger partial charge in [0.15, 0.2) is 11.9 Å². The molecule has 3 aliphatic rings. The van der Waals surface area contributed by atoms with Gasteiger partial charge in [-0.1, -0.05) is 12.1 Å². The number of nitrogens with one attached hydrogen (secondary N) is 1. The fourth-order valence-corrected chi connectivity index (χ4v) is 4.48. The number of hydrogen-bond donors (Lipinski definition) is 2. The highest BCUT2D eigenvalue weighted by Gasteiger charge is 2.48. The van der Waals surface area contributed by atoms with Crippen LogP contribution in [0.5, 0.6) is 6.01 Å². The smallest absolute Gasteiger partial charge is 0.295 e. The number of nitrogens with zero attached hydrogens (tertiary/aromatic N) is 2. The number of imidazole rings is 1. The first-order valence-corrected chi connectivity index (χ1v) is 10.4. The molecule has 7 nitrogen and oxygen atoms in total. The van der Waals surface area contributed by atoms with Gasteiger partial charge in [0.25, 0.3) is 6.01 Å². The van der Waals surface area contributed by atoms with Crippen LogP contribution in [-0.2, 0) is 9.47 Å². The molecule has 3 aromatic rings. The van der Waals surface area contributed by atoms with Crippen molar-refractivity contribution in [1.82, 2.24) is 9.97 Å². The summed E-state index contributed by atoms with van der Waals surface area (Å²) in [5.74, 6) is -1.42. The van der Waals surface area contributed by atoms with Crippen molar-refractivity contribution < 1.29 is 28.1 Å². The molecule has 3 saturated heterocycles. The third-order valence-electron chi connectivity index (χ3n) is 6.27. The van der Waals surface area contributed by atoms with Crippen molar-refractivity contribution >= 4 is 16.7 Å². The van der Waals surface area contributed by atoms with E-state index in [2.05, 4.69) is 14.9 Å². The largest absolute Gasteiger partial charge is 0.456 e. The van der Waals surface area contributed by atoms with E-state index in [4.69, 9.17) is 14.2 Å². The van der Waals surface area contributed by atoms with Gasteiger partial charge >= 0.3 is 0 Å². The van der Waals surface area contributed by atoms with Crippen LogP contribution in [0.3, 0.4) is 0 Å². The molecule has 0 radical (unpaired) electrons. The molecule has 0 bridgehead atoms. The number of H-pyrrole nitrogens is 1. The van der Waals surface area contributed by atoms with Crippen LogP contribution in [0.15, 0.2) is 30.3 Å². The normalized spacial score (nSPS) is 27.5. The molecule has 3 fully saturated rings. The molecule has 31 heavy (non-hydrogen) atoms.